The second kappa shape index (κ2) is 3.55. The summed E-state index contributed by atoms with van der Waals surface area (Å²) >= 11 is 0. The number of carbonyl (C=O) groups excluding carboxylic acids is 1. The quantitative estimate of drug-likeness (QED) is 0.654. The van der Waals surface area contributed by atoms with E-state index >= 15 is 0 Å². The molecule has 0 unspecified atom stereocenters. The molecule has 72 valence electrons. The molecule has 0 saturated heterocycles. The van der Waals surface area contributed by atoms with Crippen molar-refractivity contribution in [3.8, 4) is 0 Å². The van der Waals surface area contributed by atoms with Crippen LogP contribution in [0.4, 0.5) is 0 Å². The molecular weight excluding hydrogens is 176 g/mol. The highest BCUT2D eigenvalue weighted by molar-refractivity contribution is 5.88. The number of carboxylic acids is 2. The minimum Gasteiger partial charge on any atom is -0.481 e. The SMILES string of the molecule is O=C(O)C[C@@H]1CC(=O)C[C@H]1C(=O)O. The van der Waals surface area contributed by atoms with Crippen molar-refractivity contribution in [3.05, 3.63) is 0 Å². The predicted molar refractivity (Wildman–Crippen MR) is 41.1 cm³/mol. The van der Waals surface area contributed by atoms with E-state index in [1.54, 1.807) is 0 Å². The number of ketones is 1. The summed E-state index contributed by atoms with van der Waals surface area (Å²) in [7, 11) is 0. The number of carboxylic acid groups (broad SMARTS) is 2. The van der Waals surface area contributed by atoms with Crippen LogP contribution in [0, 0.1) is 11.8 Å². The van der Waals surface area contributed by atoms with Crippen LogP contribution in [0.5, 0.6) is 0 Å². The molecule has 1 saturated carbocycles. The van der Waals surface area contributed by atoms with Gasteiger partial charge < -0.3 is 10.2 Å². The van der Waals surface area contributed by atoms with Crippen LogP contribution in [-0.2, 0) is 14.4 Å². The standard InChI is InChI=1S/C8H10O5/c9-5-1-4(2-7(10)11)6(3-5)8(12)13/h4,6H,1-3H2,(H,10,11)(H,12,13)/t4-,6+/m0/s1. The molecule has 0 radical (unpaired) electrons. The summed E-state index contributed by atoms with van der Waals surface area (Å²) < 4.78 is 0. The van der Waals surface area contributed by atoms with E-state index in [0.717, 1.165) is 0 Å². The lowest BCUT2D eigenvalue weighted by atomic mass is 9.93. The van der Waals surface area contributed by atoms with Crippen molar-refractivity contribution >= 4 is 17.7 Å². The summed E-state index contributed by atoms with van der Waals surface area (Å²) in [5.41, 5.74) is 0. The fourth-order valence-electron chi connectivity index (χ4n) is 1.66. The summed E-state index contributed by atoms with van der Waals surface area (Å²) in [6.45, 7) is 0. The first-order valence-electron chi connectivity index (χ1n) is 3.97. The zero-order valence-corrected chi connectivity index (χ0v) is 6.90. The van der Waals surface area contributed by atoms with Crippen molar-refractivity contribution < 1.29 is 24.6 Å². The molecule has 0 aromatic heterocycles. The van der Waals surface area contributed by atoms with Crippen molar-refractivity contribution in [2.45, 2.75) is 19.3 Å². The van der Waals surface area contributed by atoms with E-state index in [-0.39, 0.29) is 25.0 Å². The third-order valence-corrected chi connectivity index (χ3v) is 2.26. The molecule has 5 nitrogen and oxygen atoms in total. The summed E-state index contributed by atoms with van der Waals surface area (Å²) in [5, 5.41) is 17.1. The van der Waals surface area contributed by atoms with Crippen LogP contribution in [0.3, 0.4) is 0 Å². The Morgan fingerprint density at radius 2 is 1.92 bits per heavy atom. The molecule has 2 atom stereocenters. The lowest BCUT2D eigenvalue weighted by molar-refractivity contribution is -0.144. The predicted octanol–water partition coefficient (Wildman–Crippen LogP) is 0.141. The van der Waals surface area contributed by atoms with Gasteiger partial charge in [-0.3, -0.25) is 14.4 Å². The Hall–Kier alpha value is -1.39. The third-order valence-electron chi connectivity index (χ3n) is 2.26. The number of carbonyl (C=O) groups is 3. The average molecular weight is 186 g/mol. The van der Waals surface area contributed by atoms with Crippen LogP contribution < -0.4 is 0 Å². The van der Waals surface area contributed by atoms with E-state index in [1.807, 2.05) is 0 Å². The summed E-state index contributed by atoms with van der Waals surface area (Å²) in [6.07, 6.45) is -0.167. The van der Waals surface area contributed by atoms with E-state index in [4.69, 9.17) is 10.2 Å². The van der Waals surface area contributed by atoms with Gasteiger partial charge in [0.2, 0.25) is 0 Å². The van der Waals surface area contributed by atoms with Crippen LogP contribution in [0.25, 0.3) is 0 Å². The van der Waals surface area contributed by atoms with Crippen LogP contribution in [-0.4, -0.2) is 27.9 Å². The number of rotatable bonds is 3. The highest BCUT2D eigenvalue weighted by Gasteiger charge is 2.38. The Bertz CT molecular complexity index is 257. The number of hydrogen-bond acceptors (Lipinski definition) is 3. The largest absolute Gasteiger partial charge is 0.481 e. The third kappa shape index (κ3) is 2.27. The highest BCUT2D eigenvalue weighted by Crippen LogP contribution is 2.31. The van der Waals surface area contributed by atoms with Crippen LogP contribution >= 0.6 is 0 Å². The van der Waals surface area contributed by atoms with Gasteiger partial charge in [0.15, 0.2) is 0 Å². The molecule has 0 aromatic carbocycles. The van der Waals surface area contributed by atoms with Gasteiger partial charge >= 0.3 is 11.9 Å². The topological polar surface area (TPSA) is 91.7 Å². The molecule has 0 bridgehead atoms. The number of hydrogen-bond donors (Lipinski definition) is 2. The van der Waals surface area contributed by atoms with E-state index in [0.29, 0.717) is 0 Å². The molecule has 1 aliphatic carbocycles. The average Bonchev–Trinajstić information content (AvgIpc) is 2.29. The minimum absolute atomic E-state index is 0.0206. The van der Waals surface area contributed by atoms with Gasteiger partial charge in [0, 0.05) is 19.3 Å². The van der Waals surface area contributed by atoms with Gasteiger partial charge in [-0.2, -0.15) is 0 Å². The van der Waals surface area contributed by atoms with Gasteiger partial charge in [-0.15, -0.1) is 0 Å². The Morgan fingerprint density at radius 1 is 1.31 bits per heavy atom. The lowest BCUT2D eigenvalue weighted by Gasteiger charge is -2.10. The molecule has 1 rings (SSSR count). The molecule has 5 heteroatoms. The highest BCUT2D eigenvalue weighted by atomic mass is 16.4. The molecule has 0 aliphatic heterocycles. The summed E-state index contributed by atoms with van der Waals surface area (Å²) in [4.78, 5) is 31.8. The molecule has 13 heavy (non-hydrogen) atoms. The molecule has 0 aromatic rings. The van der Waals surface area contributed by atoms with Crippen molar-refractivity contribution in [3.63, 3.8) is 0 Å². The Balaban J connectivity index is 2.66. The Labute approximate surface area is 74.4 Å². The van der Waals surface area contributed by atoms with E-state index in [1.165, 1.54) is 0 Å². The van der Waals surface area contributed by atoms with Gasteiger partial charge in [-0.05, 0) is 5.92 Å². The van der Waals surface area contributed by atoms with Gasteiger partial charge in [0.25, 0.3) is 0 Å². The van der Waals surface area contributed by atoms with Crippen molar-refractivity contribution in [2.75, 3.05) is 0 Å². The molecule has 0 spiro atoms. The van der Waals surface area contributed by atoms with Crippen molar-refractivity contribution in [2.24, 2.45) is 11.8 Å². The fourth-order valence-corrected chi connectivity index (χ4v) is 1.66. The normalized spacial score (nSPS) is 27.5. The number of Topliss-reactive ketones (excluding diaryl/α,β-unsaturated/α-hetero) is 1. The van der Waals surface area contributed by atoms with Crippen molar-refractivity contribution in [1.82, 2.24) is 0 Å². The summed E-state index contributed by atoms with van der Waals surface area (Å²) in [5.74, 6) is -3.60. The minimum atomic E-state index is -1.07. The molecule has 1 fully saturated rings. The molecule has 0 heterocycles. The van der Waals surface area contributed by atoms with E-state index in [9.17, 15) is 14.4 Å². The first-order chi connectivity index (χ1) is 6.00. The first kappa shape index (κ1) is 9.70. The number of aliphatic carboxylic acids is 2. The molecule has 2 N–H and O–H groups in total. The van der Waals surface area contributed by atoms with Gasteiger partial charge in [0.05, 0.1) is 5.92 Å². The van der Waals surface area contributed by atoms with Crippen LogP contribution in [0.15, 0.2) is 0 Å². The van der Waals surface area contributed by atoms with Crippen LogP contribution in [0.1, 0.15) is 19.3 Å². The zero-order chi connectivity index (χ0) is 10.0. The Kier molecular flexibility index (Phi) is 2.65. The monoisotopic (exact) mass is 186 g/mol. The second-order valence-electron chi connectivity index (χ2n) is 3.25. The maximum Gasteiger partial charge on any atom is 0.307 e. The van der Waals surface area contributed by atoms with E-state index < -0.39 is 23.8 Å². The zero-order valence-electron chi connectivity index (χ0n) is 6.90. The van der Waals surface area contributed by atoms with Gasteiger partial charge in [-0.25, -0.2) is 0 Å². The smallest absolute Gasteiger partial charge is 0.307 e. The van der Waals surface area contributed by atoms with E-state index in [2.05, 4.69) is 0 Å². The molecule has 1 aliphatic rings. The fraction of sp³-hybridized carbons (Fsp3) is 0.625. The lowest BCUT2D eigenvalue weighted by Crippen LogP contribution is -2.20. The molecular formula is C8H10O5. The summed E-state index contributed by atoms with van der Waals surface area (Å²) in [6, 6.07) is 0. The maximum atomic E-state index is 10.9. The van der Waals surface area contributed by atoms with Crippen molar-refractivity contribution in [1.29, 1.82) is 0 Å². The second-order valence-corrected chi connectivity index (χ2v) is 3.25. The molecule has 0 amide bonds. The van der Waals surface area contributed by atoms with Gasteiger partial charge in [0.1, 0.15) is 5.78 Å². The maximum absolute atomic E-state index is 10.9. The first-order valence-corrected chi connectivity index (χ1v) is 3.97. The Morgan fingerprint density at radius 3 is 2.38 bits per heavy atom. The van der Waals surface area contributed by atoms with Gasteiger partial charge in [-0.1, -0.05) is 0 Å². The van der Waals surface area contributed by atoms with Crippen LogP contribution in [0.2, 0.25) is 0 Å².